The summed E-state index contributed by atoms with van der Waals surface area (Å²) in [4.78, 5) is 44.5. The molecule has 228 valence electrons. The molecule has 2 aliphatic heterocycles. The van der Waals surface area contributed by atoms with Gasteiger partial charge in [0.1, 0.15) is 0 Å². The number of imide groups is 1. The summed E-state index contributed by atoms with van der Waals surface area (Å²) in [6, 6.07) is 9.24. The standard InChI is InChI=1S/C31H37F3N4O3.CH4/c1-21(5-12-28(40)35-20-39)38-18-27-24(29(38)41)10-11-26(36-27)25-13-16-37(19-30(25)14-3-2-4-15-30)17-22-6-8-23(9-7-22)31(32,33)34;/h6-11,20-21,25H,2-5,12-19H2,1H3,(H,35,39,40);1H4. The van der Waals surface area contributed by atoms with E-state index >= 15 is 0 Å². The Morgan fingerprint density at radius 1 is 1.14 bits per heavy atom. The second kappa shape index (κ2) is 12.9. The number of halogens is 3. The summed E-state index contributed by atoms with van der Waals surface area (Å²) in [7, 11) is 0. The maximum atomic E-state index is 13.1. The van der Waals surface area contributed by atoms with Crippen LogP contribution in [0.25, 0.3) is 0 Å². The summed E-state index contributed by atoms with van der Waals surface area (Å²) < 4.78 is 39.0. The molecule has 1 aliphatic carbocycles. The molecule has 2 fully saturated rings. The van der Waals surface area contributed by atoms with Crippen LogP contribution in [0.1, 0.15) is 105 Å². The predicted octanol–water partition coefficient (Wildman–Crippen LogP) is 6.07. The Kier molecular flexibility index (Phi) is 9.75. The predicted molar refractivity (Wildman–Crippen MR) is 153 cm³/mol. The zero-order valence-electron chi connectivity index (χ0n) is 23.4. The van der Waals surface area contributed by atoms with Crippen LogP contribution in [0.5, 0.6) is 0 Å². The van der Waals surface area contributed by atoms with Crippen LogP contribution in [0.2, 0.25) is 0 Å². The summed E-state index contributed by atoms with van der Waals surface area (Å²) >= 11 is 0. The van der Waals surface area contributed by atoms with Gasteiger partial charge in [-0.05, 0) is 74.4 Å². The van der Waals surface area contributed by atoms with Crippen LogP contribution in [0.4, 0.5) is 13.2 Å². The lowest BCUT2D eigenvalue weighted by molar-refractivity contribution is -0.137. The SMILES string of the molecule is C.CC(CCC(=O)NC=O)N1Cc2nc(C3CCN(Cc4ccc(C(F)(F)F)cc4)CC34CCCCC4)ccc2C1=O. The normalized spacial score (nSPS) is 21.0. The first-order valence-corrected chi connectivity index (χ1v) is 14.5. The molecular formula is C32H41F3N4O3. The number of benzene rings is 1. The van der Waals surface area contributed by atoms with E-state index in [1.807, 2.05) is 19.1 Å². The van der Waals surface area contributed by atoms with Crippen molar-refractivity contribution < 1.29 is 27.6 Å². The maximum absolute atomic E-state index is 13.1. The van der Waals surface area contributed by atoms with Crippen LogP contribution in [0, 0.1) is 5.41 Å². The molecule has 1 aromatic carbocycles. The van der Waals surface area contributed by atoms with Crippen molar-refractivity contribution in [2.75, 3.05) is 13.1 Å². The molecule has 3 heterocycles. The van der Waals surface area contributed by atoms with Gasteiger partial charge in [0, 0.05) is 37.2 Å². The zero-order valence-corrected chi connectivity index (χ0v) is 23.4. The smallest absolute Gasteiger partial charge is 0.330 e. The highest BCUT2D eigenvalue weighted by Gasteiger charge is 2.45. The number of hydrogen-bond acceptors (Lipinski definition) is 5. The van der Waals surface area contributed by atoms with Gasteiger partial charge in [-0.25, -0.2) is 0 Å². The van der Waals surface area contributed by atoms with Crippen molar-refractivity contribution in [2.45, 2.75) is 96.9 Å². The molecule has 5 rings (SSSR count). The van der Waals surface area contributed by atoms with Gasteiger partial charge >= 0.3 is 6.18 Å². The highest BCUT2D eigenvalue weighted by molar-refractivity contribution is 5.98. The second-order valence-corrected chi connectivity index (χ2v) is 11.9. The average Bonchev–Trinajstić information content (AvgIpc) is 3.28. The number of aromatic nitrogens is 1. The number of likely N-dealkylation sites (tertiary alicyclic amines) is 1. The molecule has 1 saturated carbocycles. The molecule has 2 aromatic rings. The molecule has 1 aromatic heterocycles. The first-order chi connectivity index (χ1) is 19.6. The van der Waals surface area contributed by atoms with Crippen molar-refractivity contribution >= 4 is 18.2 Å². The minimum atomic E-state index is -4.33. The molecule has 0 bridgehead atoms. The largest absolute Gasteiger partial charge is 0.416 e. The Hall–Kier alpha value is -3.27. The number of nitrogens with one attached hydrogen (secondary N) is 1. The minimum Gasteiger partial charge on any atom is -0.330 e. The average molecular weight is 587 g/mol. The molecule has 2 unspecified atom stereocenters. The summed E-state index contributed by atoms with van der Waals surface area (Å²) in [6.07, 6.45) is 3.24. The zero-order chi connectivity index (χ0) is 29.2. The number of rotatable bonds is 8. The molecule has 2 atom stereocenters. The number of piperidine rings is 1. The van der Waals surface area contributed by atoms with Gasteiger partial charge in [0.2, 0.25) is 12.3 Å². The van der Waals surface area contributed by atoms with Gasteiger partial charge in [0.25, 0.3) is 5.91 Å². The van der Waals surface area contributed by atoms with Gasteiger partial charge in [-0.1, -0.05) is 38.8 Å². The maximum Gasteiger partial charge on any atom is 0.416 e. The molecule has 3 aliphatic rings. The van der Waals surface area contributed by atoms with Gasteiger partial charge < -0.3 is 4.90 Å². The van der Waals surface area contributed by atoms with Crippen molar-refractivity contribution in [2.24, 2.45) is 5.41 Å². The summed E-state index contributed by atoms with van der Waals surface area (Å²) in [6.45, 7) is 4.64. The van der Waals surface area contributed by atoms with Crippen molar-refractivity contribution in [3.8, 4) is 0 Å². The number of alkyl halides is 3. The van der Waals surface area contributed by atoms with Crippen molar-refractivity contribution in [1.29, 1.82) is 0 Å². The lowest BCUT2D eigenvalue weighted by Crippen LogP contribution is -2.48. The third kappa shape index (κ3) is 6.69. The molecule has 7 nitrogen and oxygen atoms in total. The molecular weight excluding hydrogens is 545 g/mol. The Morgan fingerprint density at radius 3 is 2.52 bits per heavy atom. The Morgan fingerprint density at radius 2 is 1.86 bits per heavy atom. The number of carbonyl (C=O) groups excluding carboxylic acids is 3. The van der Waals surface area contributed by atoms with Gasteiger partial charge in [-0.15, -0.1) is 0 Å². The summed E-state index contributed by atoms with van der Waals surface area (Å²) in [5, 5.41) is 2.14. The van der Waals surface area contributed by atoms with E-state index in [1.54, 1.807) is 17.0 Å². The molecule has 10 heteroatoms. The minimum absolute atomic E-state index is 0. The van der Waals surface area contributed by atoms with E-state index in [1.165, 1.54) is 18.6 Å². The fraction of sp³-hybridized carbons (Fsp3) is 0.562. The first kappa shape index (κ1) is 31.7. The van der Waals surface area contributed by atoms with Crippen molar-refractivity contribution in [1.82, 2.24) is 20.1 Å². The molecule has 1 spiro atoms. The summed E-state index contributed by atoms with van der Waals surface area (Å²) in [5.41, 5.74) is 2.71. The van der Waals surface area contributed by atoms with Crippen LogP contribution in [-0.2, 0) is 28.9 Å². The van der Waals surface area contributed by atoms with Crippen LogP contribution in [0.3, 0.4) is 0 Å². The number of hydrogen-bond donors (Lipinski definition) is 1. The van der Waals surface area contributed by atoms with Crippen molar-refractivity contribution in [3.63, 3.8) is 0 Å². The Bertz CT molecular complexity index is 1270. The topological polar surface area (TPSA) is 82.6 Å². The first-order valence-electron chi connectivity index (χ1n) is 14.5. The fourth-order valence-corrected chi connectivity index (χ4v) is 7.07. The third-order valence-corrected chi connectivity index (χ3v) is 9.25. The number of fused-ring (bicyclic) bond motifs is 1. The number of nitrogens with zero attached hydrogens (tertiary/aromatic N) is 3. The van der Waals surface area contributed by atoms with E-state index in [9.17, 15) is 27.6 Å². The summed E-state index contributed by atoms with van der Waals surface area (Å²) in [5.74, 6) is -0.189. The van der Waals surface area contributed by atoms with Gasteiger partial charge in [-0.2, -0.15) is 13.2 Å². The monoisotopic (exact) mass is 586 g/mol. The van der Waals surface area contributed by atoms with Gasteiger partial charge in [-0.3, -0.25) is 29.6 Å². The second-order valence-electron chi connectivity index (χ2n) is 11.9. The van der Waals surface area contributed by atoms with E-state index in [0.29, 0.717) is 31.5 Å². The molecule has 0 radical (unpaired) electrons. The van der Waals surface area contributed by atoms with Crippen LogP contribution >= 0.6 is 0 Å². The molecule has 3 amide bonds. The number of carbonyl (C=O) groups is 3. The Labute approximate surface area is 245 Å². The van der Waals surface area contributed by atoms with E-state index < -0.39 is 11.7 Å². The quantitative estimate of drug-likeness (QED) is 0.380. The van der Waals surface area contributed by atoms with Crippen LogP contribution in [-0.4, -0.2) is 52.1 Å². The van der Waals surface area contributed by atoms with Gasteiger partial charge in [0.05, 0.1) is 23.4 Å². The van der Waals surface area contributed by atoms with E-state index in [2.05, 4.69) is 10.2 Å². The molecule has 42 heavy (non-hydrogen) atoms. The van der Waals surface area contributed by atoms with Crippen LogP contribution < -0.4 is 5.32 Å². The van der Waals surface area contributed by atoms with Crippen molar-refractivity contribution in [3.05, 3.63) is 64.5 Å². The third-order valence-electron chi connectivity index (χ3n) is 9.25. The fourth-order valence-electron chi connectivity index (χ4n) is 7.07. The van der Waals surface area contributed by atoms with E-state index in [4.69, 9.17) is 4.98 Å². The highest BCUT2D eigenvalue weighted by atomic mass is 19.4. The lowest BCUT2D eigenvalue weighted by Gasteiger charge is -2.50. The lowest BCUT2D eigenvalue weighted by atomic mass is 9.61. The molecule has 1 N–H and O–H groups in total. The molecule has 1 saturated heterocycles. The van der Waals surface area contributed by atoms with E-state index in [0.717, 1.165) is 62.1 Å². The highest BCUT2D eigenvalue weighted by Crippen LogP contribution is 2.51. The van der Waals surface area contributed by atoms with E-state index in [-0.39, 0.29) is 43.0 Å². The number of amides is 3. The number of pyridine rings is 1. The van der Waals surface area contributed by atoms with Gasteiger partial charge in [0.15, 0.2) is 0 Å². The Balaban J connectivity index is 0.00000405. The van der Waals surface area contributed by atoms with Crippen LogP contribution in [0.15, 0.2) is 36.4 Å².